The van der Waals surface area contributed by atoms with E-state index in [1.165, 1.54) is 11.1 Å². The number of aromatic hydroxyl groups is 2. The van der Waals surface area contributed by atoms with E-state index in [0.29, 0.717) is 23.3 Å². The van der Waals surface area contributed by atoms with Crippen LogP contribution in [0.15, 0.2) is 34.3 Å². The number of phenolic OH excluding ortho intramolecular Hbond substituents is 2. The molecular weight excluding hydrogens is 456 g/mol. The van der Waals surface area contributed by atoms with Crippen LogP contribution < -0.4 is 0 Å². The lowest BCUT2D eigenvalue weighted by Crippen LogP contribution is -2.13. The Balaban J connectivity index is 2.29. The highest BCUT2D eigenvalue weighted by Crippen LogP contribution is 2.35. The molecule has 0 saturated heterocycles. The van der Waals surface area contributed by atoms with E-state index in [-0.39, 0.29) is 17.5 Å². The van der Waals surface area contributed by atoms with Crippen molar-refractivity contribution in [3.05, 3.63) is 57.6 Å². The number of benzene rings is 2. The molecule has 2 aromatic rings. The first-order valence-electron chi connectivity index (χ1n) is 13.8. The van der Waals surface area contributed by atoms with Crippen LogP contribution in [0, 0.1) is 11.8 Å². The van der Waals surface area contributed by atoms with E-state index in [9.17, 15) is 10.2 Å². The first-order chi connectivity index (χ1) is 17.1. The molecule has 2 aromatic carbocycles. The van der Waals surface area contributed by atoms with E-state index >= 15 is 0 Å². The summed E-state index contributed by atoms with van der Waals surface area (Å²) in [6.45, 7) is 21.9. The third-order valence-electron chi connectivity index (χ3n) is 6.66. The zero-order valence-electron chi connectivity index (χ0n) is 24.9. The van der Waals surface area contributed by atoms with Gasteiger partial charge < -0.3 is 10.2 Å². The van der Waals surface area contributed by atoms with E-state index < -0.39 is 0 Å². The second-order valence-corrected chi connectivity index (χ2v) is 13.3. The molecule has 0 heterocycles. The van der Waals surface area contributed by atoms with Crippen molar-refractivity contribution in [1.82, 2.24) is 0 Å². The monoisotopic (exact) mass is 506 g/mol. The third kappa shape index (κ3) is 9.32. The molecule has 0 radical (unpaired) electrons. The molecule has 0 aliphatic rings. The average molecular weight is 507 g/mol. The van der Waals surface area contributed by atoms with E-state index in [0.717, 1.165) is 47.9 Å². The highest BCUT2D eigenvalue weighted by atomic mass is 16.3. The zero-order valence-corrected chi connectivity index (χ0v) is 24.9. The molecule has 0 fully saturated rings. The van der Waals surface area contributed by atoms with E-state index in [4.69, 9.17) is 0 Å². The molecule has 0 spiro atoms. The predicted octanol–water partition coefficient (Wildman–Crippen LogP) is 8.37. The van der Waals surface area contributed by atoms with E-state index in [1.807, 2.05) is 12.1 Å². The molecule has 4 nitrogen and oxygen atoms in total. The van der Waals surface area contributed by atoms with Crippen molar-refractivity contribution in [2.75, 3.05) is 6.67 Å². The normalized spacial score (nSPS) is 13.1. The van der Waals surface area contributed by atoms with Crippen LogP contribution in [0.4, 0.5) is 0 Å². The van der Waals surface area contributed by atoms with Gasteiger partial charge in [-0.25, -0.2) is 0 Å². The van der Waals surface area contributed by atoms with Gasteiger partial charge in [-0.3, -0.25) is 9.98 Å². The van der Waals surface area contributed by atoms with Crippen molar-refractivity contribution in [3.63, 3.8) is 0 Å². The maximum Gasteiger partial charge on any atom is 0.129 e. The van der Waals surface area contributed by atoms with Crippen LogP contribution in [0.1, 0.15) is 115 Å². The van der Waals surface area contributed by atoms with Crippen LogP contribution in [0.5, 0.6) is 11.5 Å². The van der Waals surface area contributed by atoms with Gasteiger partial charge in [-0.1, -0.05) is 81.4 Å². The number of nitrogens with zero attached hydrogens (tertiary/aromatic N) is 2. The van der Waals surface area contributed by atoms with Crippen molar-refractivity contribution in [2.24, 2.45) is 21.8 Å². The minimum absolute atomic E-state index is 0.165. The summed E-state index contributed by atoms with van der Waals surface area (Å²) in [5.74, 6) is 1.83. The Morgan fingerprint density at radius 1 is 0.649 bits per heavy atom. The number of phenols is 2. The molecule has 4 heteroatoms. The highest BCUT2D eigenvalue weighted by molar-refractivity contribution is 5.86. The van der Waals surface area contributed by atoms with Crippen molar-refractivity contribution in [3.8, 4) is 11.5 Å². The topological polar surface area (TPSA) is 65.2 Å². The SMILES string of the molecule is CC(C)CCc1cc(C=NCN=Cc2cc(CCC(C)C)cc(C(C)(C)C)c2O)c(O)c(C(C)(C)C)c1. The van der Waals surface area contributed by atoms with Gasteiger partial charge in [0.2, 0.25) is 0 Å². The highest BCUT2D eigenvalue weighted by Gasteiger charge is 2.22. The molecule has 0 aromatic heterocycles. The summed E-state index contributed by atoms with van der Waals surface area (Å²) in [6.07, 6.45) is 7.60. The lowest BCUT2D eigenvalue weighted by molar-refractivity contribution is 0.444. The fraction of sp³-hybridized carbons (Fsp3) is 0.576. The van der Waals surface area contributed by atoms with Crippen LogP contribution in [0.3, 0.4) is 0 Å². The molecule has 0 bridgehead atoms. The number of hydrogen-bond donors (Lipinski definition) is 2. The van der Waals surface area contributed by atoms with Crippen molar-refractivity contribution < 1.29 is 10.2 Å². The van der Waals surface area contributed by atoms with Gasteiger partial charge in [-0.2, -0.15) is 0 Å². The summed E-state index contributed by atoms with van der Waals surface area (Å²) >= 11 is 0. The molecule has 2 N–H and O–H groups in total. The minimum atomic E-state index is -0.165. The minimum Gasteiger partial charge on any atom is -0.507 e. The second kappa shape index (κ2) is 12.8. The van der Waals surface area contributed by atoms with E-state index in [1.54, 1.807) is 12.4 Å². The smallest absolute Gasteiger partial charge is 0.129 e. The predicted molar refractivity (Wildman–Crippen MR) is 160 cm³/mol. The van der Waals surface area contributed by atoms with Gasteiger partial charge in [0, 0.05) is 34.7 Å². The lowest BCUT2D eigenvalue weighted by atomic mass is 9.83. The number of aryl methyl sites for hydroxylation is 2. The maximum atomic E-state index is 11.0. The van der Waals surface area contributed by atoms with Crippen LogP contribution in [0.25, 0.3) is 0 Å². The number of rotatable bonds is 10. The van der Waals surface area contributed by atoms with Crippen LogP contribution >= 0.6 is 0 Å². The molecule has 0 aliphatic heterocycles. The molecule has 204 valence electrons. The van der Waals surface area contributed by atoms with Gasteiger partial charge in [-0.05, 0) is 71.6 Å². The van der Waals surface area contributed by atoms with Crippen LogP contribution in [-0.4, -0.2) is 29.3 Å². The molecule has 37 heavy (non-hydrogen) atoms. The second-order valence-electron chi connectivity index (χ2n) is 13.3. The molecule has 0 atom stereocenters. The lowest BCUT2D eigenvalue weighted by Gasteiger charge is -2.23. The van der Waals surface area contributed by atoms with E-state index in [2.05, 4.69) is 91.4 Å². The summed E-state index contributed by atoms with van der Waals surface area (Å²) in [5, 5.41) is 21.9. The van der Waals surface area contributed by atoms with Crippen molar-refractivity contribution in [1.29, 1.82) is 0 Å². The Bertz CT molecular complexity index is 1010. The molecule has 0 aliphatic carbocycles. The largest absolute Gasteiger partial charge is 0.507 e. The zero-order chi connectivity index (χ0) is 28.0. The first-order valence-corrected chi connectivity index (χ1v) is 13.8. The van der Waals surface area contributed by atoms with Crippen molar-refractivity contribution in [2.45, 2.75) is 106 Å². The molecule has 0 saturated carbocycles. The van der Waals surface area contributed by atoms with Gasteiger partial charge in [0.15, 0.2) is 0 Å². The van der Waals surface area contributed by atoms with Gasteiger partial charge in [-0.15, -0.1) is 0 Å². The van der Waals surface area contributed by atoms with Gasteiger partial charge in [0.05, 0.1) is 0 Å². The summed E-state index contributed by atoms with van der Waals surface area (Å²) in [5.41, 5.74) is 5.46. The Kier molecular flexibility index (Phi) is 10.6. The molecule has 2 rings (SSSR count). The Morgan fingerprint density at radius 3 is 1.30 bits per heavy atom. The number of hydrogen-bond acceptors (Lipinski definition) is 4. The van der Waals surface area contributed by atoms with Gasteiger partial charge in [0.1, 0.15) is 18.2 Å². The third-order valence-corrected chi connectivity index (χ3v) is 6.66. The van der Waals surface area contributed by atoms with Crippen molar-refractivity contribution >= 4 is 12.4 Å². The molecular formula is C33H50N2O2. The van der Waals surface area contributed by atoms with Crippen LogP contribution in [0.2, 0.25) is 0 Å². The quantitative estimate of drug-likeness (QED) is 0.318. The molecule has 0 amide bonds. The Labute approximate surface area is 226 Å². The number of aliphatic imine (C=N–C) groups is 2. The Hall–Kier alpha value is -2.62. The van der Waals surface area contributed by atoms with Gasteiger partial charge >= 0.3 is 0 Å². The Morgan fingerprint density at radius 2 is 1.00 bits per heavy atom. The fourth-order valence-electron chi connectivity index (χ4n) is 4.30. The fourth-order valence-corrected chi connectivity index (χ4v) is 4.30. The summed E-state index contributed by atoms with van der Waals surface area (Å²) < 4.78 is 0. The molecule has 0 unspecified atom stereocenters. The standard InChI is InChI=1S/C33H50N2O2/c1-22(2)11-13-24-15-26(30(36)28(17-24)32(5,6)7)19-34-21-35-20-27-16-25(14-12-23(3)4)18-29(31(27)37)33(8,9)10/h15-20,22-23,36-37H,11-14,21H2,1-10H3. The summed E-state index contributed by atoms with van der Waals surface area (Å²) in [7, 11) is 0. The first kappa shape index (κ1) is 30.6. The average Bonchev–Trinajstić information content (AvgIpc) is 2.77. The summed E-state index contributed by atoms with van der Waals surface area (Å²) in [4.78, 5) is 8.99. The van der Waals surface area contributed by atoms with Gasteiger partial charge in [0.25, 0.3) is 0 Å². The van der Waals surface area contributed by atoms with Crippen LogP contribution in [-0.2, 0) is 23.7 Å². The summed E-state index contributed by atoms with van der Waals surface area (Å²) in [6, 6.07) is 8.35. The maximum absolute atomic E-state index is 11.0.